The van der Waals surface area contributed by atoms with E-state index in [4.69, 9.17) is 17.0 Å². The molecule has 1 saturated carbocycles. The summed E-state index contributed by atoms with van der Waals surface area (Å²) in [6.07, 6.45) is 6.35. The van der Waals surface area contributed by atoms with E-state index in [1.165, 1.54) is 0 Å². The minimum atomic E-state index is -0.169. The van der Waals surface area contributed by atoms with Crippen LogP contribution in [-0.4, -0.2) is 33.6 Å². The molecule has 6 heteroatoms. The number of fused-ring (bicyclic) bond motifs is 1. The number of nitrogens with zero attached hydrogens (tertiary/aromatic N) is 2. The van der Waals surface area contributed by atoms with Crippen molar-refractivity contribution in [3.8, 4) is 0 Å². The van der Waals surface area contributed by atoms with Gasteiger partial charge in [-0.2, -0.15) is 0 Å². The summed E-state index contributed by atoms with van der Waals surface area (Å²) in [5.41, 5.74) is 8.46. The van der Waals surface area contributed by atoms with Crippen LogP contribution < -0.4 is 5.32 Å². The number of H-pyrrole nitrogens is 1. The van der Waals surface area contributed by atoms with Crippen molar-refractivity contribution < 1.29 is 0 Å². The molecule has 1 aliphatic carbocycles. The summed E-state index contributed by atoms with van der Waals surface area (Å²) < 4.78 is 0. The van der Waals surface area contributed by atoms with E-state index in [9.17, 15) is 0 Å². The topological polar surface area (TPSA) is 58.2 Å². The Morgan fingerprint density at radius 2 is 1.87 bits per heavy atom. The van der Waals surface area contributed by atoms with Gasteiger partial charge in [0.2, 0.25) is 0 Å². The van der Waals surface area contributed by atoms with Crippen LogP contribution in [0.4, 0.5) is 0 Å². The highest BCUT2D eigenvalue weighted by Gasteiger charge is 2.42. The maximum absolute atomic E-state index is 8.65. The second-order valence-electron chi connectivity index (χ2n) is 8.44. The lowest BCUT2D eigenvalue weighted by Crippen LogP contribution is -2.28. The molecule has 158 valence electrons. The van der Waals surface area contributed by atoms with E-state index in [1.54, 1.807) is 0 Å². The molecule has 0 saturated heterocycles. The normalized spacial score (nSPS) is 20.9. The molecule has 3 heterocycles. The first-order valence-corrected chi connectivity index (χ1v) is 10.9. The predicted octanol–water partition coefficient (Wildman–Crippen LogP) is 5.50. The summed E-state index contributed by atoms with van der Waals surface area (Å²) in [6, 6.07) is 10.3. The fourth-order valence-electron chi connectivity index (χ4n) is 4.45. The second-order valence-corrected chi connectivity index (χ2v) is 8.88. The fourth-order valence-corrected chi connectivity index (χ4v) is 4.58. The summed E-state index contributed by atoms with van der Waals surface area (Å²) in [6.45, 7) is 10.6. The first-order chi connectivity index (χ1) is 14.9. The van der Waals surface area contributed by atoms with Gasteiger partial charge in [0.15, 0.2) is 0 Å². The van der Waals surface area contributed by atoms with Crippen LogP contribution in [0.3, 0.4) is 0 Å². The Morgan fingerprint density at radius 3 is 2.52 bits per heavy atom. The molecule has 0 amide bonds. The Bertz CT molecular complexity index is 1160. The van der Waals surface area contributed by atoms with Crippen molar-refractivity contribution in [3.63, 3.8) is 0 Å². The highest BCUT2D eigenvalue weighted by Crippen LogP contribution is 2.49. The van der Waals surface area contributed by atoms with Crippen LogP contribution in [0.1, 0.15) is 42.6 Å². The number of aromatic nitrogens is 1. The average Bonchev–Trinajstić information content (AvgIpc) is 3.33. The van der Waals surface area contributed by atoms with E-state index in [0.717, 1.165) is 58.0 Å². The molecule has 0 bridgehead atoms. The van der Waals surface area contributed by atoms with Gasteiger partial charge in [0, 0.05) is 47.4 Å². The largest absolute Gasteiger partial charge is 0.380 e. The Morgan fingerprint density at radius 1 is 1.16 bits per heavy atom. The standard InChI is InChI=1S/C25H26ClN5/c1-14(27)22-24(29-19-9-10-19)16(3)31(25(22)17-5-7-18(26)8-6-17)21-13-30(4)15(2)23-20(21)11-12-28-23/h5-8,11-13,19,25,27-29H,2-3,9-10H2,1,4H3. The van der Waals surface area contributed by atoms with Gasteiger partial charge in [0.1, 0.15) is 0 Å². The lowest BCUT2D eigenvalue weighted by Gasteiger charge is -2.36. The number of rotatable bonds is 5. The van der Waals surface area contributed by atoms with Crippen LogP contribution in [0.15, 0.2) is 72.9 Å². The quantitative estimate of drug-likeness (QED) is 0.548. The monoisotopic (exact) mass is 431 g/mol. The number of hydrogen-bond acceptors (Lipinski definition) is 4. The third kappa shape index (κ3) is 3.20. The SMILES string of the molecule is C=C1c2[nH]ccc2C(N2C(=C)C(NC3CC3)=C(C(C)=N)C2c2ccc(Cl)cc2)=CN1C. The lowest BCUT2D eigenvalue weighted by atomic mass is 9.94. The third-order valence-corrected chi connectivity index (χ3v) is 6.46. The molecule has 3 aliphatic rings. The molecule has 3 N–H and O–H groups in total. The van der Waals surface area contributed by atoms with Crippen molar-refractivity contribution in [2.75, 3.05) is 7.05 Å². The number of halogens is 1. The predicted molar refractivity (Wildman–Crippen MR) is 127 cm³/mol. The zero-order chi connectivity index (χ0) is 21.9. The molecule has 2 aliphatic heterocycles. The van der Waals surface area contributed by atoms with Gasteiger partial charge in [0.25, 0.3) is 0 Å². The molecular weight excluding hydrogens is 406 g/mol. The molecule has 31 heavy (non-hydrogen) atoms. The number of benzene rings is 1. The molecule has 1 unspecified atom stereocenters. The Labute approximate surface area is 187 Å². The maximum atomic E-state index is 8.65. The Kier molecular flexibility index (Phi) is 4.59. The molecule has 0 spiro atoms. The van der Waals surface area contributed by atoms with Gasteiger partial charge < -0.3 is 25.5 Å². The Balaban J connectivity index is 1.69. The van der Waals surface area contributed by atoms with E-state index >= 15 is 0 Å². The molecule has 2 aromatic rings. The molecule has 1 aromatic heterocycles. The number of aromatic amines is 1. The molecule has 0 radical (unpaired) electrons. The molecule has 5 nitrogen and oxygen atoms in total. The smallest absolute Gasteiger partial charge is 0.0884 e. The zero-order valence-electron chi connectivity index (χ0n) is 17.8. The highest BCUT2D eigenvalue weighted by atomic mass is 35.5. The van der Waals surface area contributed by atoms with Crippen LogP contribution in [0.5, 0.6) is 0 Å². The zero-order valence-corrected chi connectivity index (χ0v) is 18.6. The van der Waals surface area contributed by atoms with Crippen molar-refractivity contribution in [1.29, 1.82) is 5.41 Å². The average molecular weight is 432 g/mol. The third-order valence-electron chi connectivity index (χ3n) is 6.21. The fraction of sp³-hybridized carbons (Fsp3) is 0.240. The minimum absolute atomic E-state index is 0.169. The van der Waals surface area contributed by atoms with Gasteiger partial charge in [-0.3, -0.25) is 0 Å². The van der Waals surface area contributed by atoms with Crippen LogP contribution in [0.25, 0.3) is 11.4 Å². The molecule has 1 fully saturated rings. The van der Waals surface area contributed by atoms with E-state index in [-0.39, 0.29) is 6.04 Å². The van der Waals surface area contributed by atoms with Gasteiger partial charge in [0.05, 0.1) is 34.5 Å². The van der Waals surface area contributed by atoms with Gasteiger partial charge in [-0.1, -0.05) is 36.9 Å². The second kappa shape index (κ2) is 7.20. The van der Waals surface area contributed by atoms with Gasteiger partial charge in [-0.15, -0.1) is 0 Å². The maximum Gasteiger partial charge on any atom is 0.0884 e. The van der Waals surface area contributed by atoms with Crippen LogP contribution in [0.2, 0.25) is 5.02 Å². The van der Waals surface area contributed by atoms with Crippen molar-refractivity contribution in [1.82, 2.24) is 20.1 Å². The van der Waals surface area contributed by atoms with E-state index in [0.29, 0.717) is 16.8 Å². The van der Waals surface area contributed by atoms with E-state index < -0.39 is 0 Å². The van der Waals surface area contributed by atoms with Gasteiger partial charge >= 0.3 is 0 Å². The number of hydrogen-bond donors (Lipinski definition) is 3. The summed E-state index contributed by atoms with van der Waals surface area (Å²) in [5.74, 6) is 0. The van der Waals surface area contributed by atoms with Gasteiger partial charge in [-0.25, -0.2) is 0 Å². The summed E-state index contributed by atoms with van der Waals surface area (Å²) >= 11 is 6.19. The molecule has 5 rings (SSSR count). The summed E-state index contributed by atoms with van der Waals surface area (Å²) in [4.78, 5) is 7.61. The molecule has 1 aromatic carbocycles. The van der Waals surface area contributed by atoms with Crippen LogP contribution in [0, 0.1) is 5.41 Å². The van der Waals surface area contributed by atoms with Crippen molar-refractivity contribution in [2.24, 2.45) is 0 Å². The highest BCUT2D eigenvalue weighted by molar-refractivity contribution is 6.30. The van der Waals surface area contributed by atoms with Crippen molar-refractivity contribution >= 4 is 28.7 Å². The number of nitrogens with one attached hydrogen (secondary N) is 3. The minimum Gasteiger partial charge on any atom is -0.380 e. The van der Waals surface area contributed by atoms with Crippen LogP contribution >= 0.6 is 11.6 Å². The summed E-state index contributed by atoms with van der Waals surface area (Å²) in [7, 11) is 2.00. The van der Waals surface area contributed by atoms with E-state index in [2.05, 4.69) is 40.6 Å². The van der Waals surface area contributed by atoms with Crippen molar-refractivity contribution in [2.45, 2.75) is 31.8 Å². The van der Waals surface area contributed by atoms with Gasteiger partial charge in [-0.05, 0) is 43.5 Å². The first-order valence-electron chi connectivity index (χ1n) is 10.5. The molecule has 1 atom stereocenters. The lowest BCUT2D eigenvalue weighted by molar-refractivity contribution is 0.441. The van der Waals surface area contributed by atoms with Crippen molar-refractivity contribution in [3.05, 3.63) is 94.7 Å². The van der Waals surface area contributed by atoms with Crippen LogP contribution in [-0.2, 0) is 0 Å². The summed E-state index contributed by atoms with van der Waals surface area (Å²) in [5, 5.41) is 13.0. The van der Waals surface area contributed by atoms with E-state index in [1.807, 2.05) is 49.3 Å². The first kappa shape index (κ1) is 19.8. The Hall–Kier alpha value is -3.18. The molecular formula is C25H26ClN5.